The lowest BCUT2D eigenvalue weighted by Gasteiger charge is -2.27. The standard InChI is InChI=1S/C18H21BrN6O/c1-24-18-15(16(19)23-24)17(21-12-22-18)20-10-13-4-2-3-5-14(13)11-25-6-8-26-9-7-25/h2-5,12H,6-11H2,1H3,(H,20,21,22). The van der Waals surface area contributed by atoms with Gasteiger partial charge in [-0.1, -0.05) is 24.3 Å². The molecule has 1 fully saturated rings. The van der Waals surface area contributed by atoms with E-state index >= 15 is 0 Å². The predicted molar refractivity (Wildman–Crippen MR) is 104 cm³/mol. The topological polar surface area (TPSA) is 68.1 Å². The molecule has 26 heavy (non-hydrogen) atoms. The second-order valence-corrected chi connectivity index (χ2v) is 7.10. The highest BCUT2D eigenvalue weighted by atomic mass is 79.9. The smallest absolute Gasteiger partial charge is 0.164 e. The van der Waals surface area contributed by atoms with E-state index in [1.165, 1.54) is 11.1 Å². The number of anilines is 1. The van der Waals surface area contributed by atoms with Crippen molar-refractivity contribution in [3.63, 3.8) is 0 Å². The van der Waals surface area contributed by atoms with Crippen LogP contribution in [0.1, 0.15) is 11.1 Å². The van der Waals surface area contributed by atoms with Gasteiger partial charge in [0, 0.05) is 33.2 Å². The van der Waals surface area contributed by atoms with Crippen molar-refractivity contribution in [2.45, 2.75) is 13.1 Å². The van der Waals surface area contributed by atoms with Crippen LogP contribution in [-0.4, -0.2) is 51.0 Å². The summed E-state index contributed by atoms with van der Waals surface area (Å²) in [6, 6.07) is 8.54. The molecule has 0 amide bonds. The predicted octanol–water partition coefficient (Wildman–Crippen LogP) is 2.57. The van der Waals surface area contributed by atoms with Gasteiger partial charge in [-0.2, -0.15) is 5.10 Å². The number of nitrogens with one attached hydrogen (secondary N) is 1. The molecule has 0 spiro atoms. The zero-order valence-electron chi connectivity index (χ0n) is 14.7. The highest BCUT2D eigenvalue weighted by molar-refractivity contribution is 9.10. The first-order valence-corrected chi connectivity index (χ1v) is 9.45. The quantitative estimate of drug-likeness (QED) is 0.689. The first kappa shape index (κ1) is 17.4. The fraction of sp³-hybridized carbons (Fsp3) is 0.389. The Morgan fingerprint density at radius 3 is 2.73 bits per heavy atom. The number of rotatable bonds is 5. The minimum atomic E-state index is 0.702. The van der Waals surface area contributed by atoms with Crippen LogP contribution in [-0.2, 0) is 24.9 Å². The van der Waals surface area contributed by atoms with Crippen molar-refractivity contribution in [3.8, 4) is 0 Å². The Labute approximate surface area is 160 Å². The fourth-order valence-corrected chi connectivity index (χ4v) is 3.84. The molecule has 1 aromatic carbocycles. The molecule has 0 saturated carbocycles. The summed E-state index contributed by atoms with van der Waals surface area (Å²) in [5.74, 6) is 0.788. The van der Waals surface area contributed by atoms with Crippen LogP contribution < -0.4 is 5.32 Å². The lowest BCUT2D eigenvalue weighted by atomic mass is 10.1. The summed E-state index contributed by atoms with van der Waals surface area (Å²) in [4.78, 5) is 11.2. The number of hydrogen-bond donors (Lipinski definition) is 1. The van der Waals surface area contributed by atoms with Gasteiger partial charge >= 0.3 is 0 Å². The van der Waals surface area contributed by atoms with Crippen LogP contribution in [0.15, 0.2) is 35.2 Å². The normalized spacial score (nSPS) is 15.5. The summed E-state index contributed by atoms with van der Waals surface area (Å²) in [5.41, 5.74) is 3.40. The van der Waals surface area contributed by atoms with E-state index in [9.17, 15) is 0 Å². The molecule has 0 aliphatic carbocycles. The van der Waals surface area contributed by atoms with E-state index in [4.69, 9.17) is 4.74 Å². The van der Waals surface area contributed by atoms with Gasteiger partial charge in [-0.25, -0.2) is 14.6 Å². The number of fused-ring (bicyclic) bond motifs is 1. The summed E-state index contributed by atoms with van der Waals surface area (Å²) in [6.07, 6.45) is 1.57. The maximum absolute atomic E-state index is 5.45. The molecule has 1 aliphatic heterocycles. The molecule has 1 N–H and O–H groups in total. The molecular formula is C18H21BrN6O. The monoisotopic (exact) mass is 416 g/mol. The maximum atomic E-state index is 5.45. The lowest BCUT2D eigenvalue weighted by molar-refractivity contribution is 0.0341. The molecule has 0 atom stereocenters. The van der Waals surface area contributed by atoms with Crippen molar-refractivity contribution >= 4 is 32.8 Å². The van der Waals surface area contributed by atoms with Crippen molar-refractivity contribution < 1.29 is 4.74 Å². The van der Waals surface area contributed by atoms with Gasteiger partial charge in [0.15, 0.2) is 5.65 Å². The van der Waals surface area contributed by atoms with Crippen LogP contribution in [0, 0.1) is 0 Å². The first-order valence-electron chi connectivity index (χ1n) is 8.66. The summed E-state index contributed by atoms with van der Waals surface area (Å²) in [7, 11) is 1.88. The highest BCUT2D eigenvalue weighted by Gasteiger charge is 2.15. The Balaban J connectivity index is 1.53. The second kappa shape index (κ2) is 7.69. The number of halogens is 1. The van der Waals surface area contributed by atoms with Gasteiger partial charge < -0.3 is 10.1 Å². The van der Waals surface area contributed by atoms with E-state index in [0.29, 0.717) is 6.54 Å². The molecule has 2 aromatic heterocycles. The van der Waals surface area contributed by atoms with E-state index in [0.717, 1.165) is 54.3 Å². The Morgan fingerprint density at radius 2 is 1.92 bits per heavy atom. The molecule has 0 radical (unpaired) electrons. The number of morpholine rings is 1. The van der Waals surface area contributed by atoms with Crippen LogP contribution in [0.3, 0.4) is 0 Å². The zero-order valence-corrected chi connectivity index (χ0v) is 16.2. The van der Waals surface area contributed by atoms with E-state index in [1.807, 2.05) is 7.05 Å². The molecule has 4 rings (SSSR count). The van der Waals surface area contributed by atoms with Gasteiger partial charge in [-0.15, -0.1) is 0 Å². The number of aromatic nitrogens is 4. The maximum Gasteiger partial charge on any atom is 0.164 e. The van der Waals surface area contributed by atoms with Gasteiger partial charge in [-0.05, 0) is 27.1 Å². The molecule has 136 valence electrons. The lowest BCUT2D eigenvalue weighted by Crippen LogP contribution is -2.35. The average molecular weight is 417 g/mol. The highest BCUT2D eigenvalue weighted by Crippen LogP contribution is 2.27. The van der Waals surface area contributed by atoms with E-state index in [-0.39, 0.29) is 0 Å². The van der Waals surface area contributed by atoms with Crippen LogP contribution in [0.5, 0.6) is 0 Å². The van der Waals surface area contributed by atoms with Crippen molar-refractivity contribution in [1.82, 2.24) is 24.6 Å². The van der Waals surface area contributed by atoms with Crippen molar-refractivity contribution in [2.24, 2.45) is 7.05 Å². The number of hydrogen-bond acceptors (Lipinski definition) is 6. The molecular weight excluding hydrogens is 396 g/mol. The van der Waals surface area contributed by atoms with Gasteiger partial charge in [-0.3, -0.25) is 4.90 Å². The average Bonchev–Trinajstić information content (AvgIpc) is 2.96. The minimum absolute atomic E-state index is 0.702. The second-order valence-electron chi connectivity index (χ2n) is 6.35. The van der Waals surface area contributed by atoms with E-state index in [2.05, 4.69) is 65.5 Å². The largest absolute Gasteiger partial charge is 0.379 e. The molecule has 8 heteroatoms. The summed E-state index contributed by atoms with van der Waals surface area (Å²) < 4.78 is 7.94. The van der Waals surface area contributed by atoms with Crippen molar-refractivity contribution in [3.05, 3.63) is 46.3 Å². The molecule has 7 nitrogen and oxygen atoms in total. The summed E-state index contributed by atoms with van der Waals surface area (Å²) in [5, 5.41) is 8.73. The van der Waals surface area contributed by atoms with Crippen LogP contribution >= 0.6 is 15.9 Å². The Morgan fingerprint density at radius 1 is 1.15 bits per heavy atom. The van der Waals surface area contributed by atoms with E-state index < -0.39 is 0 Å². The summed E-state index contributed by atoms with van der Waals surface area (Å²) >= 11 is 3.50. The van der Waals surface area contributed by atoms with E-state index in [1.54, 1.807) is 11.0 Å². The Hall–Kier alpha value is -2.03. The number of aryl methyl sites for hydroxylation is 1. The molecule has 0 unspecified atom stereocenters. The zero-order chi connectivity index (χ0) is 17.9. The fourth-order valence-electron chi connectivity index (χ4n) is 3.24. The summed E-state index contributed by atoms with van der Waals surface area (Å²) in [6.45, 7) is 5.24. The van der Waals surface area contributed by atoms with Gasteiger partial charge in [0.1, 0.15) is 16.7 Å². The van der Waals surface area contributed by atoms with Crippen LogP contribution in [0.4, 0.5) is 5.82 Å². The Bertz CT molecular complexity index is 906. The van der Waals surface area contributed by atoms with Crippen LogP contribution in [0.25, 0.3) is 11.0 Å². The molecule has 0 bridgehead atoms. The minimum Gasteiger partial charge on any atom is -0.379 e. The number of benzene rings is 1. The Kier molecular flexibility index (Phi) is 5.14. The third-order valence-electron chi connectivity index (χ3n) is 4.64. The van der Waals surface area contributed by atoms with Gasteiger partial charge in [0.05, 0.1) is 18.6 Å². The molecule has 3 heterocycles. The molecule has 3 aromatic rings. The van der Waals surface area contributed by atoms with Crippen LogP contribution in [0.2, 0.25) is 0 Å². The van der Waals surface area contributed by atoms with Crippen molar-refractivity contribution in [1.29, 1.82) is 0 Å². The first-order chi connectivity index (χ1) is 12.7. The molecule has 1 saturated heterocycles. The van der Waals surface area contributed by atoms with Crippen molar-refractivity contribution in [2.75, 3.05) is 31.6 Å². The third-order valence-corrected chi connectivity index (χ3v) is 5.20. The SMILES string of the molecule is Cn1nc(Br)c2c(NCc3ccccc3CN3CCOCC3)ncnc21. The van der Waals surface area contributed by atoms with Gasteiger partial charge in [0.2, 0.25) is 0 Å². The number of ether oxygens (including phenoxy) is 1. The third kappa shape index (κ3) is 3.58. The number of nitrogens with zero attached hydrogens (tertiary/aromatic N) is 5. The molecule has 1 aliphatic rings. The van der Waals surface area contributed by atoms with Gasteiger partial charge in [0.25, 0.3) is 0 Å².